The topological polar surface area (TPSA) is 182 Å². The van der Waals surface area contributed by atoms with Gasteiger partial charge in [0.25, 0.3) is 0 Å². The summed E-state index contributed by atoms with van der Waals surface area (Å²) in [6, 6.07) is -0.960. The minimum absolute atomic E-state index is 0. The normalized spacial score (nSPS) is 10.8. The molecule has 1 atom stereocenters. The predicted molar refractivity (Wildman–Crippen MR) is 40.1 cm³/mol. The molecule has 98 valence electrons. The Bertz CT molecular complexity index is 312. The Morgan fingerprint density at radius 1 is 1.24 bits per heavy atom. The van der Waals surface area contributed by atoms with Gasteiger partial charge in [-0.25, -0.2) is 0 Å². The maximum absolute atomic E-state index is 9.92. The molecule has 0 aliphatic rings. The average molecular weight is 323 g/mol. The fourth-order valence-electron chi connectivity index (χ4n) is 0.410. The number of carboxylic acids is 2. The summed E-state index contributed by atoms with van der Waals surface area (Å²) in [6.07, 6.45) is -0.327. The number of hydrogen-bond acceptors (Lipinski definition) is 6. The Morgan fingerprint density at radius 2 is 1.53 bits per heavy atom. The molecule has 0 heterocycles. The van der Waals surface area contributed by atoms with Gasteiger partial charge in [0.05, 0.1) is 5.97 Å². The van der Waals surface area contributed by atoms with Crippen molar-refractivity contribution in [1.82, 2.24) is 0 Å². The van der Waals surface area contributed by atoms with E-state index < -0.39 is 28.4 Å². The molecule has 0 aromatic rings. The van der Waals surface area contributed by atoms with Crippen LogP contribution in [-0.2, 0) is 37.1 Å². The third-order valence-electron chi connectivity index (χ3n) is 1.03. The van der Waals surface area contributed by atoms with Crippen molar-refractivity contribution in [3.8, 4) is 0 Å². The first kappa shape index (κ1) is 26.0. The summed E-state index contributed by atoms with van der Waals surface area (Å²) in [4.78, 5) is 19.7. The van der Waals surface area contributed by atoms with Crippen LogP contribution in [0.5, 0.6) is 0 Å². The fraction of sp³-hybridized carbons (Fsp3) is 0.600. The molecule has 0 amide bonds. The molecule has 5 N–H and O–H groups in total. The molecule has 1 unspecified atom stereocenters. The van der Waals surface area contributed by atoms with Gasteiger partial charge in [-0.05, 0) is 6.42 Å². The Morgan fingerprint density at radius 3 is 1.71 bits per heavy atom. The van der Waals surface area contributed by atoms with E-state index >= 15 is 0 Å². The SMILES string of the molecule is O=S(=O)(O)O.[Fe].[NH3+]C(CCC(=O)[O-])C(=O)[O-].[Na+]. The zero-order chi connectivity index (χ0) is 12.6. The molecular weight excluding hydrogens is 313 g/mol. The second kappa shape index (κ2) is 12.7. The van der Waals surface area contributed by atoms with Gasteiger partial charge in [0, 0.05) is 29.5 Å². The number of rotatable bonds is 4. The molecule has 17 heavy (non-hydrogen) atoms. The summed E-state index contributed by atoms with van der Waals surface area (Å²) >= 11 is 0. The molecule has 12 heteroatoms. The molecule has 0 saturated carbocycles. The van der Waals surface area contributed by atoms with Crippen LogP contribution in [0.25, 0.3) is 0 Å². The smallest absolute Gasteiger partial charge is 0.550 e. The Hall–Kier alpha value is 0.289. The molecule has 0 spiro atoms. The zero-order valence-corrected chi connectivity index (χ0v) is 12.7. The molecule has 0 aliphatic heterocycles. The van der Waals surface area contributed by atoms with E-state index in [1.807, 2.05) is 0 Å². The standard InChI is InChI=1S/C5H9NO4.Fe.Na.H2O4S/c6-3(5(9)10)1-2-4(7)8;;;1-5(2,3)4/h3H,1-2,6H2,(H,7,8)(H,9,10);;;(H2,1,2,3,4)/q;;+1;/p-1. The van der Waals surface area contributed by atoms with Gasteiger partial charge in [-0.15, -0.1) is 0 Å². The molecule has 0 aromatic carbocycles. The van der Waals surface area contributed by atoms with Crippen LogP contribution in [0, 0.1) is 0 Å². The van der Waals surface area contributed by atoms with Crippen LogP contribution in [0.2, 0.25) is 0 Å². The van der Waals surface area contributed by atoms with Gasteiger partial charge >= 0.3 is 40.0 Å². The van der Waals surface area contributed by atoms with Crippen LogP contribution in [0.15, 0.2) is 0 Å². The molecular formula is C5H10FeNNaO8S. The van der Waals surface area contributed by atoms with Crippen LogP contribution >= 0.6 is 0 Å². The summed E-state index contributed by atoms with van der Waals surface area (Å²) in [6.45, 7) is 0. The van der Waals surface area contributed by atoms with Crippen molar-refractivity contribution < 1.29 is 89.7 Å². The Labute approximate surface area is 130 Å². The Kier molecular flexibility index (Phi) is 19.5. The summed E-state index contributed by atoms with van der Waals surface area (Å²) in [5.41, 5.74) is 3.16. The number of hydrogen-bond donors (Lipinski definition) is 3. The molecule has 0 bridgehead atoms. The molecule has 0 fully saturated rings. The first-order chi connectivity index (χ1) is 6.54. The maximum atomic E-state index is 9.92. The summed E-state index contributed by atoms with van der Waals surface area (Å²) in [7, 11) is -4.67. The van der Waals surface area contributed by atoms with Gasteiger partial charge in [-0.3, -0.25) is 9.11 Å². The second-order valence-corrected chi connectivity index (χ2v) is 3.27. The average Bonchev–Trinajstić information content (AvgIpc) is 1.96. The maximum Gasteiger partial charge on any atom is 1.00 e. The second-order valence-electron chi connectivity index (χ2n) is 2.37. The van der Waals surface area contributed by atoms with E-state index in [0.717, 1.165) is 0 Å². The van der Waals surface area contributed by atoms with Crippen molar-refractivity contribution in [1.29, 1.82) is 0 Å². The number of aliphatic carboxylic acids is 2. The quantitative estimate of drug-likeness (QED) is 0.336. The van der Waals surface area contributed by atoms with E-state index in [4.69, 9.17) is 17.5 Å². The molecule has 9 nitrogen and oxygen atoms in total. The minimum Gasteiger partial charge on any atom is -0.550 e. The number of carboxylic acid groups (broad SMARTS) is 2. The van der Waals surface area contributed by atoms with Crippen LogP contribution in [0.4, 0.5) is 0 Å². The van der Waals surface area contributed by atoms with Gasteiger partial charge in [-0.2, -0.15) is 8.42 Å². The van der Waals surface area contributed by atoms with Gasteiger partial charge < -0.3 is 25.5 Å². The van der Waals surface area contributed by atoms with Crippen molar-refractivity contribution in [2.75, 3.05) is 0 Å². The van der Waals surface area contributed by atoms with Gasteiger partial charge in [0.1, 0.15) is 6.04 Å². The van der Waals surface area contributed by atoms with Crippen molar-refractivity contribution >= 4 is 22.3 Å². The molecule has 0 aromatic heterocycles. The number of carbonyl (C=O) groups is 2. The van der Waals surface area contributed by atoms with Crippen LogP contribution in [-0.4, -0.2) is 35.5 Å². The van der Waals surface area contributed by atoms with Crippen LogP contribution in [0.1, 0.15) is 12.8 Å². The predicted octanol–water partition coefficient (Wildman–Crippen LogP) is -7.77. The monoisotopic (exact) mass is 323 g/mol. The minimum atomic E-state index is -4.67. The van der Waals surface area contributed by atoms with E-state index in [-0.39, 0.29) is 59.5 Å². The summed E-state index contributed by atoms with van der Waals surface area (Å²) in [5.74, 6) is -2.60. The van der Waals surface area contributed by atoms with Crippen molar-refractivity contribution in [2.24, 2.45) is 0 Å². The van der Waals surface area contributed by atoms with E-state index in [2.05, 4.69) is 5.73 Å². The third kappa shape index (κ3) is 38.5. The molecule has 0 rings (SSSR count). The van der Waals surface area contributed by atoms with E-state index in [1.54, 1.807) is 0 Å². The van der Waals surface area contributed by atoms with Gasteiger partial charge in [0.2, 0.25) is 0 Å². The van der Waals surface area contributed by atoms with Crippen LogP contribution < -0.4 is 45.5 Å². The molecule has 0 radical (unpaired) electrons. The largest absolute Gasteiger partial charge is 1.00 e. The van der Waals surface area contributed by atoms with Crippen molar-refractivity contribution in [3.63, 3.8) is 0 Å². The summed E-state index contributed by atoms with van der Waals surface area (Å²) < 4.78 is 31.6. The molecule has 0 aliphatic carbocycles. The molecule has 0 saturated heterocycles. The van der Waals surface area contributed by atoms with E-state index in [9.17, 15) is 19.8 Å². The number of quaternary nitrogens is 1. The fourth-order valence-corrected chi connectivity index (χ4v) is 0.410. The summed E-state index contributed by atoms with van der Waals surface area (Å²) in [5, 5.41) is 19.7. The van der Waals surface area contributed by atoms with E-state index in [0.29, 0.717) is 0 Å². The van der Waals surface area contributed by atoms with Crippen LogP contribution in [0.3, 0.4) is 0 Å². The first-order valence-corrected chi connectivity index (χ1v) is 4.87. The van der Waals surface area contributed by atoms with Crippen molar-refractivity contribution in [3.05, 3.63) is 0 Å². The van der Waals surface area contributed by atoms with Crippen molar-refractivity contribution in [2.45, 2.75) is 18.9 Å². The number of carbonyl (C=O) groups excluding carboxylic acids is 2. The van der Waals surface area contributed by atoms with Gasteiger partial charge in [0.15, 0.2) is 0 Å². The third-order valence-corrected chi connectivity index (χ3v) is 1.03. The Balaban J connectivity index is -0.000000105. The van der Waals surface area contributed by atoms with E-state index in [1.165, 1.54) is 0 Å². The van der Waals surface area contributed by atoms with Gasteiger partial charge in [-0.1, -0.05) is 0 Å². The first-order valence-electron chi connectivity index (χ1n) is 3.47. The zero-order valence-electron chi connectivity index (χ0n) is 8.80.